The lowest BCUT2D eigenvalue weighted by atomic mass is 10.1. The van der Waals surface area contributed by atoms with E-state index in [0.717, 1.165) is 5.56 Å². The quantitative estimate of drug-likeness (QED) is 0.730. The van der Waals surface area contributed by atoms with Crippen LogP contribution < -0.4 is 5.69 Å². The molecular formula is C17H20ClN3O2. The summed E-state index contributed by atoms with van der Waals surface area (Å²) in [5, 5.41) is 11.0. The van der Waals surface area contributed by atoms with Crippen molar-refractivity contribution >= 4 is 11.6 Å². The van der Waals surface area contributed by atoms with Crippen LogP contribution in [0.4, 0.5) is 0 Å². The van der Waals surface area contributed by atoms with Crippen LogP contribution in [0.3, 0.4) is 0 Å². The number of rotatable bonds is 8. The van der Waals surface area contributed by atoms with Gasteiger partial charge in [-0.25, -0.2) is 9.36 Å². The Morgan fingerprint density at radius 1 is 1.22 bits per heavy atom. The molecule has 23 heavy (non-hydrogen) atoms. The highest BCUT2D eigenvalue weighted by molar-refractivity contribution is 6.30. The Morgan fingerprint density at radius 2 is 1.83 bits per heavy atom. The second kappa shape index (κ2) is 7.85. The third-order valence-electron chi connectivity index (χ3n) is 3.44. The Balaban J connectivity index is 2.21. The van der Waals surface area contributed by atoms with Gasteiger partial charge >= 0.3 is 5.69 Å². The van der Waals surface area contributed by atoms with E-state index in [-0.39, 0.29) is 18.2 Å². The Bertz CT molecular complexity index is 721. The third kappa shape index (κ3) is 4.37. The van der Waals surface area contributed by atoms with Gasteiger partial charge in [-0.2, -0.15) is 0 Å². The van der Waals surface area contributed by atoms with E-state index in [1.807, 2.05) is 17.0 Å². The fourth-order valence-corrected chi connectivity index (χ4v) is 2.45. The molecule has 1 heterocycles. The summed E-state index contributed by atoms with van der Waals surface area (Å²) in [5.74, 6) is -0.0527. The Kier molecular flexibility index (Phi) is 5.84. The first-order valence-electron chi connectivity index (χ1n) is 7.24. The number of benzene rings is 1. The van der Waals surface area contributed by atoms with E-state index < -0.39 is 0 Å². The predicted molar refractivity (Wildman–Crippen MR) is 92.9 cm³/mol. The first-order valence-corrected chi connectivity index (χ1v) is 7.62. The van der Waals surface area contributed by atoms with Gasteiger partial charge in [-0.1, -0.05) is 35.9 Å². The lowest BCUT2D eigenvalue weighted by Crippen LogP contribution is -2.31. The maximum atomic E-state index is 12.1. The lowest BCUT2D eigenvalue weighted by Gasteiger charge is -2.19. The summed E-state index contributed by atoms with van der Waals surface area (Å²) in [6.45, 7) is 8.84. The van der Waals surface area contributed by atoms with Crippen molar-refractivity contribution < 1.29 is 5.11 Å². The van der Waals surface area contributed by atoms with Crippen molar-refractivity contribution in [1.82, 2.24) is 14.5 Å². The molecular weight excluding hydrogens is 314 g/mol. The smallest absolute Gasteiger partial charge is 0.329 e. The summed E-state index contributed by atoms with van der Waals surface area (Å²) < 4.78 is 1.30. The average molecular weight is 334 g/mol. The first-order chi connectivity index (χ1) is 11.0. The van der Waals surface area contributed by atoms with Gasteiger partial charge in [0.25, 0.3) is 0 Å². The van der Waals surface area contributed by atoms with Crippen molar-refractivity contribution in [2.24, 2.45) is 0 Å². The van der Waals surface area contributed by atoms with E-state index in [0.29, 0.717) is 30.2 Å². The van der Waals surface area contributed by atoms with Crippen molar-refractivity contribution in [3.63, 3.8) is 0 Å². The second-order valence-electron chi connectivity index (χ2n) is 5.22. The van der Waals surface area contributed by atoms with Crippen molar-refractivity contribution in [3.8, 4) is 5.88 Å². The van der Waals surface area contributed by atoms with Gasteiger partial charge in [0.2, 0.25) is 5.88 Å². The van der Waals surface area contributed by atoms with Crippen LogP contribution in [0.1, 0.15) is 11.3 Å². The number of aromatic amines is 1. The van der Waals surface area contributed by atoms with Gasteiger partial charge in [-0.05, 0) is 17.7 Å². The predicted octanol–water partition coefficient (Wildman–Crippen LogP) is 2.76. The highest BCUT2D eigenvalue weighted by Gasteiger charge is 2.15. The van der Waals surface area contributed by atoms with Crippen molar-refractivity contribution in [3.05, 3.63) is 76.3 Å². The van der Waals surface area contributed by atoms with Crippen molar-refractivity contribution in [2.75, 3.05) is 13.1 Å². The number of aromatic nitrogens is 2. The molecule has 1 aromatic heterocycles. The normalized spacial score (nSPS) is 10.9. The standard InChI is InChI=1S/C17H20ClN3O2/c1-3-9-20(10-4-2)12-21-16(22)15(19-17(21)23)11-13-5-7-14(18)8-6-13/h3-8,22H,1-2,9-12H2,(H,19,23). The molecule has 0 aliphatic rings. The molecule has 0 radical (unpaired) electrons. The number of hydrogen-bond acceptors (Lipinski definition) is 3. The Labute approximate surface area is 140 Å². The van der Waals surface area contributed by atoms with Crippen LogP contribution in [0.2, 0.25) is 5.02 Å². The highest BCUT2D eigenvalue weighted by Crippen LogP contribution is 2.19. The molecule has 0 saturated heterocycles. The molecule has 1 aromatic carbocycles. The van der Waals surface area contributed by atoms with Crippen LogP contribution >= 0.6 is 11.6 Å². The van der Waals surface area contributed by atoms with Crippen LogP contribution in [-0.2, 0) is 13.1 Å². The van der Waals surface area contributed by atoms with E-state index >= 15 is 0 Å². The molecule has 0 amide bonds. The van der Waals surface area contributed by atoms with Crippen LogP contribution in [0.5, 0.6) is 5.88 Å². The third-order valence-corrected chi connectivity index (χ3v) is 3.69. The summed E-state index contributed by atoms with van der Waals surface area (Å²) in [4.78, 5) is 16.7. The molecule has 0 aliphatic heterocycles. The van der Waals surface area contributed by atoms with Crippen molar-refractivity contribution in [1.29, 1.82) is 0 Å². The first kappa shape index (κ1) is 17.1. The number of halogens is 1. The average Bonchev–Trinajstić information content (AvgIpc) is 2.78. The van der Waals surface area contributed by atoms with Gasteiger partial charge in [-0.15, -0.1) is 13.2 Å². The summed E-state index contributed by atoms with van der Waals surface area (Å²) >= 11 is 5.86. The zero-order valence-electron chi connectivity index (χ0n) is 12.8. The molecule has 0 unspecified atom stereocenters. The van der Waals surface area contributed by atoms with Crippen molar-refractivity contribution in [2.45, 2.75) is 13.1 Å². The number of imidazole rings is 1. The van der Waals surface area contributed by atoms with E-state index in [9.17, 15) is 9.90 Å². The van der Waals surface area contributed by atoms with E-state index in [1.54, 1.807) is 24.3 Å². The molecule has 0 bridgehead atoms. The maximum Gasteiger partial charge on any atom is 0.329 e. The fourth-order valence-electron chi connectivity index (χ4n) is 2.33. The van der Waals surface area contributed by atoms with Gasteiger partial charge in [0, 0.05) is 24.5 Å². The molecule has 0 aliphatic carbocycles. The lowest BCUT2D eigenvalue weighted by molar-refractivity contribution is 0.246. The minimum Gasteiger partial charge on any atom is -0.493 e. The minimum atomic E-state index is -0.343. The Morgan fingerprint density at radius 3 is 2.39 bits per heavy atom. The van der Waals surface area contributed by atoms with Crippen LogP contribution in [0, 0.1) is 0 Å². The molecule has 0 fully saturated rings. The van der Waals surface area contributed by atoms with Gasteiger partial charge in [-0.3, -0.25) is 4.90 Å². The zero-order chi connectivity index (χ0) is 16.8. The highest BCUT2D eigenvalue weighted by atomic mass is 35.5. The van der Waals surface area contributed by atoms with E-state index in [4.69, 9.17) is 11.6 Å². The van der Waals surface area contributed by atoms with Crippen LogP contribution in [-0.4, -0.2) is 32.6 Å². The molecule has 2 N–H and O–H groups in total. The number of nitrogens with zero attached hydrogens (tertiary/aromatic N) is 2. The number of aromatic hydroxyl groups is 1. The summed E-state index contributed by atoms with van der Waals surface area (Å²) in [6, 6.07) is 7.27. The number of hydrogen-bond donors (Lipinski definition) is 2. The van der Waals surface area contributed by atoms with E-state index in [2.05, 4.69) is 18.1 Å². The molecule has 122 valence electrons. The summed E-state index contributed by atoms with van der Waals surface area (Å²) in [7, 11) is 0. The van der Waals surface area contributed by atoms with Gasteiger partial charge < -0.3 is 10.1 Å². The number of H-pyrrole nitrogens is 1. The summed E-state index contributed by atoms with van der Waals surface area (Å²) in [5.41, 5.74) is 1.09. The van der Waals surface area contributed by atoms with Gasteiger partial charge in [0.05, 0.1) is 12.4 Å². The van der Waals surface area contributed by atoms with Crippen LogP contribution in [0.15, 0.2) is 54.4 Å². The van der Waals surface area contributed by atoms with Crippen LogP contribution in [0.25, 0.3) is 0 Å². The molecule has 6 heteroatoms. The largest absolute Gasteiger partial charge is 0.493 e. The second-order valence-corrected chi connectivity index (χ2v) is 5.65. The SMILES string of the molecule is C=CCN(CC=C)Cn1c(O)c(Cc2ccc(Cl)cc2)[nH]c1=O. The molecule has 0 saturated carbocycles. The molecule has 2 rings (SSSR count). The molecule has 0 spiro atoms. The fraction of sp³-hybridized carbons (Fsp3) is 0.235. The molecule has 5 nitrogen and oxygen atoms in total. The van der Waals surface area contributed by atoms with Gasteiger partial charge in [0.1, 0.15) is 0 Å². The number of nitrogens with one attached hydrogen (secondary N) is 1. The minimum absolute atomic E-state index is 0.0527. The monoisotopic (exact) mass is 333 g/mol. The van der Waals surface area contributed by atoms with E-state index in [1.165, 1.54) is 4.57 Å². The van der Waals surface area contributed by atoms with Gasteiger partial charge in [0.15, 0.2) is 0 Å². The Hall–Kier alpha value is -2.24. The molecule has 2 aromatic rings. The summed E-state index contributed by atoms with van der Waals surface area (Å²) in [6.07, 6.45) is 3.91. The zero-order valence-corrected chi connectivity index (χ0v) is 13.6. The maximum absolute atomic E-state index is 12.1. The molecule has 0 atom stereocenters. The topological polar surface area (TPSA) is 61.3 Å².